The van der Waals surface area contributed by atoms with Crippen molar-refractivity contribution in [2.75, 3.05) is 50.8 Å². The number of nitrogens with one attached hydrogen (secondary N) is 1. The van der Waals surface area contributed by atoms with Gasteiger partial charge in [-0.3, -0.25) is 19.3 Å². The molecule has 3 heterocycles. The number of anilines is 1. The van der Waals surface area contributed by atoms with Crippen LogP contribution in [-0.2, 0) is 14.3 Å². The molecule has 35 heavy (non-hydrogen) atoms. The molecule has 3 fully saturated rings. The Morgan fingerprint density at radius 1 is 1.14 bits per heavy atom. The van der Waals surface area contributed by atoms with Crippen molar-refractivity contribution in [3.63, 3.8) is 0 Å². The highest BCUT2D eigenvalue weighted by molar-refractivity contribution is 5.99. The van der Waals surface area contributed by atoms with E-state index in [1.165, 1.54) is 11.3 Å². The van der Waals surface area contributed by atoms with Gasteiger partial charge in [0, 0.05) is 44.0 Å². The largest absolute Gasteiger partial charge is 0.369 e. The number of Topliss-reactive ketones (excluding diaryl/α,β-unsaturated/α-hetero) is 1. The van der Waals surface area contributed by atoms with Crippen molar-refractivity contribution in [2.45, 2.75) is 57.8 Å². The molecule has 3 aliphatic rings. The number of carbonyl (C=O) groups excluding carboxylic acids is 3. The molecule has 4 unspecified atom stereocenters. The maximum Gasteiger partial charge on any atom is 0.251 e. The molecule has 2 amide bonds. The quantitative estimate of drug-likeness (QED) is 0.562. The standard InChI is InChI=1S/C26H39N5O4/c1-4-9-29-10-12-30(13-11-29)19-7-5-18(6-8-19)25(33)28-21(14-17(2)3)26(34)31-15-20(27)24-23(31)22(32)16-35-24/h5-8,17,20-21,23-24H,4,9-16,27H2,1-3H3,(H,28,33). The van der Waals surface area contributed by atoms with E-state index in [-0.39, 0.29) is 36.7 Å². The second-order valence-electron chi connectivity index (χ2n) is 10.4. The zero-order chi connectivity index (χ0) is 25.1. The van der Waals surface area contributed by atoms with Gasteiger partial charge in [0.05, 0.1) is 6.04 Å². The summed E-state index contributed by atoms with van der Waals surface area (Å²) < 4.78 is 5.51. The second kappa shape index (κ2) is 11.1. The van der Waals surface area contributed by atoms with Crippen LogP contribution < -0.4 is 16.0 Å². The Hall–Kier alpha value is -2.49. The highest BCUT2D eigenvalue weighted by Crippen LogP contribution is 2.28. The summed E-state index contributed by atoms with van der Waals surface area (Å²) in [5.41, 5.74) is 7.75. The number of carbonyl (C=O) groups is 3. The summed E-state index contributed by atoms with van der Waals surface area (Å²) in [6, 6.07) is 5.80. The van der Waals surface area contributed by atoms with Crippen LogP contribution >= 0.6 is 0 Å². The summed E-state index contributed by atoms with van der Waals surface area (Å²) in [5, 5.41) is 2.93. The minimum atomic E-state index is -0.729. The zero-order valence-electron chi connectivity index (χ0n) is 21.1. The van der Waals surface area contributed by atoms with Gasteiger partial charge in [-0.05, 0) is 49.6 Å². The summed E-state index contributed by atoms with van der Waals surface area (Å²) >= 11 is 0. The second-order valence-corrected chi connectivity index (χ2v) is 10.4. The molecular formula is C26H39N5O4. The Bertz CT molecular complexity index is 913. The first kappa shape index (κ1) is 25.6. The summed E-state index contributed by atoms with van der Waals surface area (Å²) in [4.78, 5) is 45.2. The number of ether oxygens (including phenoxy) is 1. The van der Waals surface area contributed by atoms with Crippen molar-refractivity contribution < 1.29 is 19.1 Å². The molecule has 9 heteroatoms. The molecule has 3 aliphatic heterocycles. The maximum atomic E-state index is 13.5. The van der Waals surface area contributed by atoms with E-state index < -0.39 is 24.2 Å². The number of hydrogen-bond acceptors (Lipinski definition) is 7. The lowest BCUT2D eigenvalue weighted by Crippen LogP contribution is -2.52. The van der Waals surface area contributed by atoms with E-state index in [1.54, 1.807) is 0 Å². The number of amides is 2. The van der Waals surface area contributed by atoms with Gasteiger partial charge in [-0.2, -0.15) is 0 Å². The van der Waals surface area contributed by atoms with Crippen LogP contribution in [0.5, 0.6) is 0 Å². The van der Waals surface area contributed by atoms with Crippen LogP contribution in [0.15, 0.2) is 24.3 Å². The normalized spacial score (nSPS) is 25.7. The van der Waals surface area contributed by atoms with Gasteiger partial charge < -0.3 is 25.6 Å². The molecular weight excluding hydrogens is 446 g/mol. The summed E-state index contributed by atoms with van der Waals surface area (Å²) in [6.07, 6.45) is 1.18. The molecule has 1 aromatic carbocycles. The fraction of sp³-hybridized carbons (Fsp3) is 0.654. The number of likely N-dealkylation sites (tertiary alicyclic amines) is 1. The van der Waals surface area contributed by atoms with Crippen LogP contribution in [0, 0.1) is 5.92 Å². The van der Waals surface area contributed by atoms with Gasteiger partial charge in [0.2, 0.25) is 5.91 Å². The van der Waals surface area contributed by atoms with Gasteiger partial charge in [0.25, 0.3) is 5.91 Å². The highest BCUT2D eigenvalue weighted by Gasteiger charge is 2.52. The highest BCUT2D eigenvalue weighted by atomic mass is 16.5. The molecule has 0 aromatic heterocycles. The third-order valence-electron chi connectivity index (χ3n) is 7.22. The lowest BCUT2D eigenvalue weighted by molar-refractivity contribution is -0.138. The van der Waals surface area contributed by atoms with Crippen LogP contribution in [-0.4, -0.2) is 97.5 Å². The van der Waals surface area contributed by atoms with E-state index in [4.69, 9.17) is 10.5 Å². The average Bonchev–Trinajstić information content (AvgIpc) is 3.39. The molecule has 4 atom stereocenters. The Balaban J connectivity index is 1.40. The first-order valence-corrected chi connectivity index (χ1v) is 12.9. The van der Waals surface area contributed by atoms with E-state index in [0.29, 0.717) is 12.0 Å². The van der Waals surface area contributed by atoms with Crippen LogP contribution in [0.3, 0.4) is 0 Å². The number of hydrogen-bond donors (Lipinski definition) is 2. The number of nitrogens with zero attached hydrogens (tertiary/aromatic N) is 3. The summed E-state index contributed by atoms with van der Waals surface area (Å²) in [6.45, 7) is 11.6. The number of rotatable bonds is 8. The molecule has 4 rings (SSSR count). The van der Waals surface area contributed by atoms with Crippen LogP contribution in [0.25, 0.3) is 0 Å². The first-order chi connectivity index (χ1) is 16.8. The van der Waals surface area contributed by atoms with Gasteiger partial charge in [-0.1, -0.05) is 20.8 Å². The Labute approximate surface area is 207 Å². The first-order valence-electron chi connectivity index (χ1n) is 12.9. The minimum Gasteiger partial charge on any atom is -0.369 e. The van der Waals surface area contributed by atoms with Gasteiger partial charge in [0.15, 0.2) is 5.78 Å². The van der Waals surface area contributed by atoms with Gasteiger partial charge >= 0.3 is 0 Å². The summed E-state index contributed by atoms with van der Waals surface area (Å²) in [7, 11) is 0. The van der Waals surface area contributed by atoms with Gasteiger partial charge in [0.1, 0.15) is 24.8 Å². The molecule has 0 spiro atoms. The predicted octanol–water partition coefficient (Wildman–Crippen LogP) is 0.869. The molecule has 3 saturated heterocycles. The van der Waals surface area contributed by atoms with Crippen molar-refractivity contribution in [3.05, 3.63) is 29.8 Å². The number of fused-ring (bicyclic) bond motifs is 1. The number of benzene rings is 1. The van der Waals surface area contributed by atoms with Crippen molar-refractivity contribution >= 4 is 23.3 Å². The zero-order valence-corrected chi connectivity index (χ0v) is 21.1. The van der Waals surface area contributed by atoms with E-state index in [1.807, 2.05) is 38.1 Å². The fourth-order valence-corrected chi connectivity index (χ4v) is 5.42. The van der Waals surface area contributed by atoms with Crippen molar-refractivity contribution in [3.8, 4) is 0 Å². The average molecular weight is 486 g/mol. The van der Waals surface area contributed by atoms with E-state index >= 15 is 0 Å². The lowest BCUT2D eigenvalue weighted by Gasteiger charge is -2.36. The molecule has 1 aromatic rings. The Morgan fingerprint density at radius 2 is 1.83 bits per heavy atom. The fourth-order valence-electron chi connectivity index (χ4n) is 5.42. The van der Waals surface area contributed by atoms with Crippen molar-refractivity contribution in [1.82, 2.24) is 15.1 Å². The van der Waals surface area contributed by atoms with E-state index in [9.17, 15) is 14.4 Å². The molecule has 192 valence electrons. The number of nitrogens with two attached hydrogens (primary N) is 1. The molecule has 0 bridgehead atoms. The Morgan fingerprint density at radius 3 is 2.46 bits per heavy atom. The van der Waals surface area contributed by atoms with Crippen LogP contribution in [0.2, 0.25) is 0 Å². The van der Waals surface area contributed by atoms with Crippen LogP contribution in [0.1, 0.15) is 44.0 Å². The van der Waals surface area contributed by atoms with Crippen molar-refractivity contribution in [1.29, 1.82) is 0 Å². The topological polar surface area (TPSA) is 108 Å². The summed E-state index contributed by atoms with van der Waals surface area (Å²) in [5.74, 6) is -0.509. The molecule has 3 N–H and O–H groups in total. The molecule has 0 aliphatic carbocycles. The molecule has 0 radical (unpaired) electrons. The monoisotopic (exact) mass is 485 g/mol. The van der Waals surface area contributed by atoms with Crippen LogP contribution in [0.4, 0.5) is 5.69 Å². The smallest absolute Gasteiger partial charge is 0.251 e. The third-order valence-corrected chi connectivity index (χ3v) is 7.22. The number of piperazine rings is 1. The van der Waals surface area contributed by atoms with Gasteiger partial charge in [-0.15, -0.1) is 0 Å². The SMILES string of the molecule is CCCN1CCN(c2ccc(C(=O)NC(CC(C)C)C(=O)N3CC(N)C4OCC(=O)C43)cc2)CC1. The lowest BCUT2D eigenvalue weighted by atomic mass is 10.0. The maximum absolute atomic E-state index is 13.5. The predicted molar refractivity (Wildman–Crippen MR) is 134 cm³/mol. The minimum absolute atomic E-state index is 0.0198. The molecule has 9 nitrogen and oxygen atoms in total. The van der Waals surface area contributed by atoms with Gasteiger partial charge in [-0.25, -0.2) is 0 Å². The Kier molecular flexibility index (Phi) is 8.09. The molecule has 0 saturated carbocycles. The number of ketones is 1. The van der Waals surface area contributed by atoms with E-state index in [0.717, 1.165) is 38.4 Å². The van der Waals surface area contributed by atoms with Crippen molar-refractivity contribution in [2.24, 2.45) is 11.7 Å². The third kappa shape index (κ3) is 5.68. The van der Waals surface area contributed by atoms with E-state index in [2.05, 4.69) is 22.0 Å².